The summed E-state index contributed by atoms with van der Waals surface area (Å²) in [5, 5.41) is 0. The molecule has 1 aliphatic carbocycles. The van der Waals surface area contributed by atoms with Crippen LogP contribution in [0.3, 0.4) is 0 Å². The molecule has 0 amide bonds. The van der Waals surface area contributed by atoms with Gasteiger partial charge in [0, 0.05) is 12.5 Å². The molecule has 3 nitrogen and oxygen atoms in total. The van der Waals surface area contributed by atoms with Crippen LogP contribution in [-0.2, 0) is 9.53 Å². The van der Waals surface area contributed by atoms with E-state index in [1.165, 1.54) is 6.42 Å². The summed E-state index contributed by atoms with van der Waals surface area (Å²) in [5.41, 5.74) is 5.72. The molecule has 2 fully saturated rings. The van der Waals surface area contributed by atoms with Gasteiger partial charge in [-0.1, -0.05) is 19.8 Å². The van der Waals surface area contributed by atoms with Crippen LogP contribution in [0.5, 0.6) is 0 Å². The Morgan fingerprint density at radius 2 is 2.27 bits per heavy atom. The van der Waals surface area contributed by atoms with E-state index in [0.29, 0.717) is 12.5 Å². The fraction of sp³-hybridized carbons (Fsp3) is 0.917. The van der Waals surface area contributed by atoms with Crippen molar-refractivity contribution < 1.29 is 9.53 Å². The van der Waals surface area contributed by atoms with E-state index >= 15 is 0 Å². The second kappa shape index (κ2) is 4.22. The third-order valence-electron chi connectivity index (χ3n) is 3.82. The van der Waals surface area contributed by atoms with E-state index in [1.807, 2.05) is 0 Å². The fourth-order valence-corrected chi connectivity index (χ4v) is 2.96. The number of hydrogen-bond donors (Lipinski definition) is 1. The van der Waals surface area contributed by atoms with Crippen molar-refractivity contribution in [2.24, 2.45) is 17.6 Å². The van der Waals surface area contributed by atoms with Crippen LogP contribution in [0.4, 0.5) is 0 Å². The van der Waals surface area contributed by atoms with Gasteiger partial charge in [-0.25, -0.2) is 0 Å². The van der Waals surface area contributed by atoms with Gasteiger partial charge in [0.2, 0.25) is 0 Å². The van der Waals surface area contributed by atoms with Crippen molar-refractivity contribution in [1.29, 1.82) is 0 Å². The molecule has 0 aromatic heterocycles. The summed E-state index contributed by atoms with van der Waals surface area (Å²) >= 11 is 0. The zero-order valence-electron chi connectivity index (χ0n) is 9.50. The maximum Gasteiger partial charge on any atom is 0.158 e. The van der Waals surface area contributed by atoms with Gasteiger partial charge in [-0.15, -0.1) is 0 Å². The molecule has 0 aromatic rings. The lowest BCUT2D eigenvalue weighted by Crippen LogP contribution is -2.53. The number of Topliss-reactive ketones (excluding diaryl/α,β-unsaturated/α-hetero) is 1. The van der Waals surface area contributed by atoms with E-state index in [2.05, 4.69) is 6.92 Å². The Morgan fingerprint density at radius 3 is 2.87 bits per heavy atom. The summed E-state index contributed by atoms with van der Waals surface area (Å²) in [6.45, 7) is 3.51. The fourth-order valence-electron chi connectivity index (χ4n) is 2.96. The van der Waals surface area contributed by atoms with Gasteiger partial charge in [0.25, 0.3) is 0 Å². The highest BCUT2D eigenvalue weighted by molar-refractivity contribution is 5.90. The second-order valence-electron chi connectivity index (χ2n) is 5.28. The van der Waals surface area contributed by atoms with Gasteiger partial charge in [-0.3, -0.25) is 4.79 Å². The van der Waals surface area contributed by atoms with Crippen molar-refractivity contribution in [3.8, 4) is 0 Å². The zero-order chi connectivity index (χ0) is 10.9. The first kappa shape index (κ1) is 11.1. The summed E-state index contributed by atoms with van der Waals surface area (Å²) in [6.07, 6.45) is 4.91. The molecular weight excluding hydrogens is 190 g/mol. The molecule has 0 radical (unpaired) electrons. The van der Waals surface area contributed by atoms with Crippen molar-refractivity contribution in [3.63, 3.8) is 0 Å². The van der Waals surface area contributed by atoms with Crippen molar-refractivity contribution in [2.75, 3.05) is 13.2 Å². The normalized spacial score (nSPS) is 41.7. The minimum absolute atomic E-state index is 0.0697. The van der Waals surface area contributed by atoms with Crippen LogP contribution >= 0.6 is 0 Å². The van der Waals surface area contributed by atoms with Crippen LogP contribution in [0.25, 0.3) is 0 Å². The quantitative estimate of drug-likeness (QED) is 0.753. The number of ether oxygens (including phenoxy) is 1. The van der Waals surface area contributed by atoms with Crippen molar-refractivity contribution >= 4 is 5.78 Å². The molecule has 3 unspecified atom stereocenters. The van der Waals surface area contributed by atoms with Gasteiger partial charge in [0.05, 0.1) is 12.1 Å². The van der Waals surface area contributed by atoms with Gasteiger partial charge in [-0.2, -0.15) is 0 Å². The van der Waals surface area contributed by atoms with E-state index in [4.69, 9.17) is 10.5 Å². The topological polar surface area (TPSA) is 52.3 Å². The number of carbonyl (C=O) groups excluding carboxylic acids is 1. The zero-order valence-corrected chi connectivity index (χ0v) is 9.50. The molecule has 1 aliphatic heterocycles. The van der Waals surface area contributed by atoms with Gasteiger partial charge in [0.1, 0.15) is 0 Å². The predicted molar refractivity (Wildman–Crippen MR) is 58.5 cm³/mol. The minimum atomic E-state index is -0.546. The van der Waals surface area contributed by atoms with Crippen LogP contribution in [-0.4, -0.2) is 24.5 Å². The molecular formula is C12H21NO2. The largest absolute Gasteiger partial charge is 0.381 e. The molecule has 0 bridgehead atoms. The smallest absolute Gasteiger partial charge is 0.158 e. The van der Waals surface area contributed by atoms with Crippen LogP contribution in [0.1, 0.15) is 39.0 Å². The van der Waals surface area contributed by atoms with Crippen LogP contribution in [0, 0.1) is 11.8 Å². The lowest BCUT2D eigenvalue weighted by atomic mass is 9.72. The molecule has 3 heteroatoms. The molecule has 2 N–H and O–H groups in total. The molecule has 1 heterocycles. The van der Waals surface area contributed by atoms with E-state index < -0.39 is 5.54 Å². The highest BCUT2D eigenvalue weighted by atomic mass is 16.5. The molecule has 2 aliphatic rings. The first-order valence-electron chi connectivity index (χ1n) is 6.03. The van der Waals surface area contributed by atoms with E-state index in [9.17, 15) is 4.79 Å². The SMILES string of the molecule is CC1CCCC(N)(C(=O)C2CCOC2)C1. The number of hydrogen-bond acceptors (Lipinski definition) is 3. The Bertz CT molecular complexity index is 248. The Balaban J connectivity index is 2.03. The molecule has 1 saturated carbocycles. The first-order valence-corrected chi connectivity index (χ1v) is 6.03. The maximum absolute atomic E-state index is 12.3. The van der Waals surface area contributed by atoms with E-state index in [0.717, 1.165) is 32.3 Å². The summed E-state index contributed by atoms with van der Waals surface area (Å²) in [7, 11) is 0. The molecule has 1 saturated heterocycles. The Hall–Kier alpha value is -0.410. The van der Waals surface area contributed by atoms with Gasteiger partial charge >= 0.3 is 0 Å². The summed E-state index contributed by atoms with van der Waals surface area (Å²) in [6, 6.07) is 0. The molecule has 3 atom stereocenters. The van der Waals surface area contributed by atoms with Crippen molar-refractivity contribution in [1.82, 2.24) is 0 Å². The summed E-state index contributed by atoms with van der Waals surface area (Å²) in [4.78, 5) is 12.3. The Morgan fingerprint density at radius 1 is 1.47 bits per heavy atom. The van der Waals surface area contributed by atoms with Crippen molar-refractivity contribution in [2.45, 2.75) is 44.6 Å². The standard InChI is InChI=1S/C12H21NO2/c1-9-3-2-5-12(13,7-9)11(14)10-4-6-15-8-10/h9-10H,2-8,13H2,1H3. The Kier molecular flexibility index (Phi) is 3.12. The first-order chi connectivity index (χ1) is 7.12. The third kappa shape index (κ3) is 2.23. The van der Waals surface area contributed by atoms with E-state index in [-0.39, 0.29) is 11.7 Å². The van der Waals surface area contributed by atoms with Crippen molar-refractivity contribution in [3.05, 3.63) is 0 Å². The average Bonchev–Trinajstić information content (AvgIpc) is 2.68. The summed E-state index contributed by atoms with van der Waals surface area (Å²) < 4.78 is 5.26. The molecule has 0 aromatic carbocycles. The minimum Gasteiger partial charge on any atom is -0.381 e. The number of nitrogens with two attached hydrogens (primary N) is 1. The lowest BCUT2D eigenvalue weighted by molar-refractivity contribution is -0.129. The average molecular weight is 211 g/mol. The van der Waals surface area contributed by atoms with Gasteiger partial charge < -0.3 is 10.5 Å². The number of ketones is 1. The maximum atomic E-state index is 12.3. The van der Waals surface area contributed by atoms with Crippen LogP contribution in [0.2, 0.25) is 0 Å². The second-order valence-corrected chi connectivity index (χ2v) is 5.28. The van der Waals surface area contributed by atoms with Gasteiger partial charge in [-0.05, 0) is 25.2 Å². The Labute approximate surface area is 91.4 Å². The number of carbonyl (C=O) groups is 1. The highest BCUT2D eigenvalue weighted by Gasteiger charge is 2.42. The summed E-state index contributed by atoms with van der Waals surface area (Å²) in [5.74, 6) is 0.918. The molecule has 2 rings (SSSR count). The molecule has 15 heavy (non-hydrogen) atoms. The predicted octanol–water partition coefficient (Wildman–Crippen LogP) is 1.50. The highest BCUT2D eigenvalue weighted by Crippen LogP contribution is 2.34. The number of rotatable bonds is 2. The van der Waals surface area contributed by atoms with E-state index in [1.54, 1.807) is 0 Å². The third-order valence-corrected chi connectivity index (χ3v) is 3.82. The molecule has 86 valence electrons. The van der Waals surface area contributed by atoms with Crippen LogP contribution < -0.4 is 5.73 Å². The van der Waals surface area contributed by atoms with Crippen LogP contribution in [0.15, 0.2) is 0 Å². The molecule has 0 spiro atoms. The lowest BCUT2D eigenvalue weighted by Gasteiger charge is -2.36. The monoisotopic (exact) mass is 211 g/mol. The van der Waals surface area contributed by atoms with Gasteiger partial charge in [0.15, 0.2) is 5.78 Å².